The van der Waals surface area contributed by atoms with Gasteiger partial charge in [0.2, 0.25) is 0 Å². The molecule has 2 rings (SSSR count). The third-order valence-corrected chi connectivity index (χ3v) is 4.37. The zero-order valence-electron chi connectivity index (χ0n) is 12.7. The zero-order chi connectivity index (χ0) is 15.1. The van der Waals surface area contributed by atoms with Crippen molar-refractivity contribution in [3.63, 3.8) is 0 Å². The monoisotopic (exact) mass is 322 g/mol. The molecule has 0 aliphatic heterocycles. The van der Waals surface area contributed by atoms with Gasteiger partial charge >= 0.3 is 0 Å². The van der Waals surface area contributed by atoms with Gasteiger partial charge in [0.1, 0.15) is 11.6 Å². The molecule has 0 radical (unpaired) electrons. The minimum absolute atomic E-state index is 0.340. The summed E-state index contributed by atoms with van der Waals surface area (Å²) in [6, 6.07) is 6.59. The summed E-state index contributed by atoms with van der Waals surface area (Å²) in [4.78, 5) is 10.4. The van der Waals surface area contributed by atoms with Crippen molar-refractivity contribution < 1.29 is 0 Å². The number of anilines is 2. The molecular formula is C15H22N4S2. The minimum atomic E-state index is 0.340. The Bertz CT molecular complexity index is 543. The van der Waals surface area contributed by atoms with Gasteiger partial charge in [-0.05, 0) is 31.0 Å². The van der Waals surface area contributed by atoms with E-state index >= 15 is 0 Å². The van der Waals surface area contributed by atoms with Crippen LogP contribution in [0.2, 0.25) is 0 Å². The molecule has 2 N–H and O–H groups in total. The van der Waals surface area contributed by atoms with E-state index in [0.717, 1.165) is 36.2 Å². The van der Waals surface area contributed by atoms with Gasteiger partial charge in [0.15, 0.2) is 5.16 Å². The molecule has 1 atom stereocenters. The molecule has 0 aliphatic carbocycles. The van der Waals surface area contributed by atoms with E-state index < -0.39 is 0 Å². The SMILES string of the molecule is CCCNc1cc(NC(C)Cc2cccs2)nc(SC)n1. The molecular weight excluding hydrogens is 300 g/mol. The maximum Gasteiger partial charge on any atom is 0.191 e. The Morgan fingerprint density at radius 2 is 2.14 bits per heavy atom. The third kappa shape index (κ3) is 5.21. The number of nitrogens with one attached hydrogen (secondary N) is 2. The van der Waals surface area contributed by atoms with Crippen LogP contribution in [0.5, 0.6) is 0 Å². The highest BCUT2D eigenvalue weighted by Crippen LogP contribution is 2.19. The van der Waals surface area contributed by atoms with Crippen molar-refractivity contribution >= 4 is 34.7 Å². The molecule has 1 unspecified atom stereocenters. The van der Waals surface area contributed by atoms with Crippen molar-refractivity contribution in [2.75, 3.05) is 23.4 Å². The summed E-state index contributed by atoms with van der Waals surface area (Å²) in [5, 5.41) is 9.71. The number of hydrogen-bond acceptors (Lipinski definition) is 6. The maximum atomic E-state index is 4.53. The van der Waals surface area contributed by atoms with E-state index in [2.05, 4.69) is 52.0 Å². The summed E-state index contributed by atoms with van der Waals surface area (Å²) in [6.45, 7) is 5.25. The van der Waals surface area contributed by atoms with Gasteiger partial charge in [0, 0.05) is 30.0 Å². The van der Waals surface area contributed by atoms with E-state index in [1.54, 1.807) is 23.1 Å². The lowest BCUT2D eigenvalue weighted by molar-refractivity contribution is 0.787. The van der Waals surface area contributed by atoms with E-state index in [0.29, 0.717) is 6.04 Å². The summed E-state index contributed by atoms with van der Waals surface area (Å²) >= 11 is 3.36. The second-order valence-corrected chi connectivity index (χ2v) is 6.69. The van der Waals surface area contributed by atoms with Gasteiger partial charge in [-0.1, -0.05) is 24.8 Å². The van der Waals surface area contributed by atoms with Gasteiger partial charge in [-0.2, -0.15) is 0 Å². The fourth-order valence-corrected chi connectivity index (χ4v) is 3.18. The van der Waals surface area contributed by atoms with Crippen LogP contribution < -0.4 is 10.6 Å². The number of thioether (sulfide) groups is 1. The van der Waals surface area contributed by atoms with Crippen LogP contribution in [0.4, 0.5) is 11.6 Å². The Morgan fingerprint density at radius 3 is 2.81 bits per heavy atom. The van der Waals surface area contributed by atoms with Gasteiger partial charge < -0.3 is 10.6 Å². The Labute approximate surface area is 134 Å². The molecule has 0 saturated heterocycles. The highest BCUT2D eigenvalue weighted by atomic mass is 32.2. The smallest absolute Gasteiger partial charge is 0.191 e. The zero-order valence-corrected chi connectivity index (χ0v) is 14.4. The van der Waals surface area contributed by atoms with Gasteiger partial charge in [-0.25, -0.2) is 9.97 Å². The number of thiophene rings is 1. The molecule has 0 amide bonds. The van der Waals surface area contributed by atoms with Crippen molar-refractivity contribution in [3.8, 4) is 0 Å². The molecule has 0 fully saturated rings. The van der Waals surface area contributed by atoms with Gasteiger partial charge in [0.25, 0.3) is 0 Å². The van der Waals surface area contributed by atoms with Gasteiger partial charge in [0.05, 0.1) is 0 Å². The van der Waals surface area contributed by atoms with Crippen LogP contribution in [0, 0.1) is 0 Å². The van der Waals surface area contributed by atoms with E-state index in [4.69, 9.17) is 0 Å². The van der Waals surface area contributed by atoms with E-state index in [-0.39, 0.29) is 0 Å². The Hall–Kier alpha value is -1.27. The van der Waals surface area contributed by atoms with E-state index in [1.165, 1.54) is 4.88 Å². The third-order valence-electron chi connectivity index (χ3n) is 2.93. The Morgan fingerprint density at radius 1 is 1.33 bits per heavy atom. The second kappa shape index (κ2) is 8.24. The van der Waals surface area contributed by atoms with Crippen molar-refractivity contribution in [1.29, 1.82) is 0 Å². The molecule has 0 saturated carbocycles. The maximum absolute atomic E-state index is 4.53. The summed E-state index contributed by atoms with van der Waals surface area (Å²) in [6.07, 6.45) is 4.09. The molecule has 6 heteroatoms. The number of rotatable bonds is 8. The number of aromatic nitrogens is 2. The number of nitrogens with zero attached hydrogens (tertiary/aromatic N) is 2. The van der Waals surface area contributed by atoms with Crippen LogP contribution in [0.1, 0.15) is 25.1 Å². The van der Waals surface area contributed by atoms with Crippen LogP contribution >= 0.6 is 23.1 Å². The average Bonchev–Trinajstić information content (AvgIpc) is 2.97. The molecule has 0 spiro atoms. The fourth-order valence-electron chi connectivity index (χ4n) is 1.97. The lowest BCUT2D eigenvalue weighted by Crippen LogP contribution is -2.19. The molecule has 2 heterocycles. The number of hydrogen-bond donors (Lipinski definition) is 2. The molecule has 2 aromatic heterocycles. The first-order valence-electron chi connectivity index (χ1n) is 7.17. The molecule has 0 aliphatic rings. The lowest BCUT2D eigenvalue weighted by atomic mass is 10.2. The second-order valence-electron chi connectivity index (χ2n) is 4.88. The quantitative estimate of drug-likeness (QED) is 0.565. The first kappa shape index (κ1) is 16.1. The van der Waals surface area contributed by atoms with Crippen molar-refractivity contribution in [1.82, 2.24) is 9.97 Å². The highest BCUT2D eigenvalue weighted by molar-refractivity contribution is 7.98. The lowest BCUT2D eigenvalue weighted by Gasteiger charge is -2.15. The van der Waals surface area contributed by atoms with Crippen LogP contribution in [-0.2, 0) is 6.42 Å². The highest BCUT2D eigenvalue weighted by Gasteiger charge is 2.08. The van der Waals surface area contributed by atoms with Gasteiger partial charge in [-0.15, -0.1) is 11.3 Å². The van der Waals surface area contributed by atoms with Crippen molar-refractivity contribution in [3.05, 3.63) is 28.5 Å². The summed E-state index contributed by atoms with van der Waals surface area (Å²) < 4.78 is 0. The van der Waals surface area contributed by atoms with Crippen LogP contribution in [0.15, 0.2) is 28.7 Å². The van der Waals surface area contributed by atoms with Gasteiger partial charge in [-0.3, -0.25) is 0 Å². The molecule has 2 aromatic rings. The molecule has 114 valence electrons. The van der Waals surface area contributed by atoms with Crippen molar-refractivity contribution in [2.45, 2.75) is 37.9 Å². The summed E-state index contributed by atoms with van der Waals surface area (Å²) in [5.41, 5.74) is 0. The predicted octanol–water partition coefficient (Wildman–Crippen LogP) is 4.13. The minimum Gasteiger partial charge on any atom is -0.370 e. The predicted molar refractivity (Wildman–Crippen MR) is 93.7 cm³/mol. The largest absolute Gasteiger partial charge is 0.370 e. The standard InChI is InChI=1S/C15H22N4S2/c1-4-7-16-13-10-14(19-15(18-13)20-3)17-11(2)9-12-6-5-8-21-12/h5-6,8,10-11H,4,7,9H2,1-3H3,(H2,16,17,18,19). The van der Waals surface area contributed by atoms with E-state index in [9.17, 15) is 0 Å². The molecule has 0 bridgehead atoms. The normalized spacial score (nSPS) is 12.1. The summed E-state index contributed by atoms with van der Waals surface area (Å²) in [5.74, 6) is 1.78. The Balaban J connectivity index is 2.03. The Kier molecular flexibility index (Phi) is 6.32. The first-order chi connectivity index (χ1) is 10.2. The van der Waals surface area contributed by atoms with E-state index in [1.807, 2.05) is 12.3 Å². The van der Waals surface area contributed by atoms with Crippen molar-refractivity contribution in [2.24, 2.45) is 0 Å². The average molecular weight is 323 g/mol. The van der Waals surface area contributed by atoms with Crippen LogP contribution in [-0.4, -0.2) is 28.8 Å². The topological polar surface area (TPSA) is 49.8 Å². The molecule has 0 aromatic carbocycles. The molecule has 4 nitrogen and oxygen atoms in total. The summed E-state index contributed by atoms with van der Waals surface area (Å²) in [7, 11) is 0. The fraction of sp³-hybridized carbons (Fsp3) is 0.467. The molecule has 21 heavy (non-hydrogen) atoms. The first-order valence-corrected chi connectivity index (χ1v) is 9.27. The van der Waals surface area contributed by atoms with Crippen LogP contribution in [0.3, 0.4) is 0 Å². The van der Waals surface area contributed by atoms with Crippen LogP contribution in [0.25, 0.3) is 0 Å².